The van der Waals surface area contributed by atoms with E-state index in [1.165, 1.54) is 0 Å². The second kappa shape index (κ2) is 7.23. The fraction of sp³-hybridized carbons (Fsp3) is 0.250. The zero-order valence-electron chi connectivity index (χ0n) is 15.1. The normalized spacial score (nSPS) is 18.7. The third-order valence-electron chi connectivity index (χ3n) is 5.11. The molecule has 0 unspecified atom stereocenters. The van der Waals surface area contributed by atoms with Crippen molar-refractivity contribution in [2.45, 2.75) is 25.4 Å². The van der Waals surface area contributed by atoms with Crippen LogP contribution in [-0.4, -0.2) is 35.3 Å². The molecule has 0 radical (unpaired) electrons. The highest BCUT2D eigenvalue weighted by atomic mass is 19.2. The van der Waals surface area contributed by atoms with Crippen molar-refractivity contribution < 1.29 is 27.6 Å². The van der Waals surface area contributed by atoms with E-state index in [1.54, 1.807) is 4.90 Å². The summed E-state index contributed by atoms with van der Waals surface area (Å²) in [5.41, 5.74) is 1.74. The third kappa shape index (κ3) is 3.43. The van der Waals surface area contributed by atoms with Crippen molar-refractivity contribution in [3.05, 3.63) is 65.0 Å². The molecule has 0 aromatic heterocycles. The lowest BCUT2D eigenvalue weighted by Gasteiger charge is -2.29. The van der Waals surface area contributed by atoms with Gasteiger partial charge in [0.05, 0.1) is 12.1 Å². The van der Waals surface area contributed by atoms with E-state index >= 15 is 0 Å². The summed E-state index contributed by atoms with van der Waals surface area (Å²) in [6.07, 6.45) is 0.405. The largest absolute Gasteiger partial charge is 0.338 e. The minimum atomic E-state index is -1.70. The SMILES string of the molecule is O=C(C[C@H]1NC(=O)N(c2cc(F)c(F)c(F)c2)C1=O)N1CCc2ccccc2C1. The molecular weight excluding hydrogens is 387 g/mol. The summed E-state index contributed by atoms with van der Waals surface area (Å²) < 4.78 is 40.1. The molecule has 2 aliphatic heterocycles. The first-order valence-electron chi connectivity index (χ1n) is 8.98. The number of nitrogens with zero attached hydrogens (tertiary/aromatic N) is 2. The molecule has 0 bridgehead atoms. The molecule has 1 N–H and O–H groups in total. The van der Waals surface area contributed by atoms with Crippen LogP contribution in [0.2, 0.25) is 0 Å². The first-order chi connectivity index (χ1) is 13.8. The fourth-order valence-corrected chi connectivity index (χ4v) is 3.60. The molecule has 1 atom stereocenters. The summed E-state index contributed by atoms with van der Waals surface area (Å²) >= 11 is 0. The van der Waals surface area contributed by atoms with Gasteiger partial charge in [-0.15, -0.1) is 0 Å². The van der Waals surface area contributed by atoms with Crippen molar-refractivity contribution in [3.63, 3.8) is 0 Å². The Balaban J connectivity index is 1.48. The van der Waals surface area contributed by atoms with Gasteiger partial charge in [0.2, 0.25) is 5.91 Å². The van der Waals surface area contributed by atoms with Gasteiger partial charge in [0.15, 0.2) is 17.5 Å². The molecule has 2 aromatic carbocycles. The number of amides is 4. The minimum absolute atomic E-state index is 0.282. The minimum Gasteiger partial charge on any atom is -0.338 e. The van der Waals surface area contributed by atoms with Gasteiger partial charge in [-0.2, -0.15) is 0 Å². The van der Waals surface area contributed by atoms with Crippen LogP contribution >= 0.6 is 0 Å². The maximum Gasteiger partial charge on any atom is 0.329 e. The number of urea groups is 1. The van der Waals surface area contributed by atoms with E-state index in [-0.39, 0.29) is 12.3 Å². The number of hydrogen-bond donors (Lipinski definition) is 1. The second-order valence-corrected chi connectivity index (χ2v) is 6.94. The molecule has 2 heterocycles. The lowest BCUT2D eigenvalue weighted by Crippen LogP contribution is -2.41. The van der Waals surface area contributed by atoms with Crippen molar-refractivity contribution in [2.24, 2.45) is 0 Å². The van der Waals surface area contributed by atoms with Crippen molar-refractivity contribution in [1.82, 2.24) is 10.2 Å². The van der Waals surface area contributed by atoms with Crippen LogP contribution in [0.5, 0.6) is 0 Å². The molecule has 150 valence electrons. The molecule has 9 heteroatoms. The Labute approximate surface area is 163 Å². The van der Waals surface area contributed by atoms with Crippen LogP contribution in [0.25, 0.3) is 0 Å². The first-order valence-corrected chi connectivity index (χ1v) is 8.98. The highest BCUT2D eigenvalue weighted by Gasteiger charge is 2.41. The summed E-state index contributed by atoms with van der Waals surface area (Å²) in [6.45, 7) is 0.894. The molecule has 1 saturated heterocycles. The lowest BCUT2D eigenvalue weighted by atomic mass is 9.99. The molecule has 29 heavy (non-hydrogen) atoms. The number of fused-ring (bicyclic) bond motifs is 1. The number of halogens is 3. The number of carbonyl (C=O) groups excluding carboxylic acids is 3. The standard InChI is InChI=1S/C20H16F3N3O3/c21-14-7-13(8-15(22)18(14)23)26-19(28)16(24-20(26)29)9-17(27)25-6-5-11-3-1-2-4-12(11)10-25/h1-4,7-8,16H,5-6,9-10H2,(H,24,29)/t16-/m1/s1. The van der Waals surface area contributed by atoms with Crippen LogP contribution in [0.1, 0.15) is 17.5 Å². The summed E-state index contributed by atoms with van der Waals surface area (Å²) in [4.78, 5) is 39.5. The van der Waals surface area contributed by atoms with Gasteiger partial charge in [-0.1, -0.05) is 24.3 Å². The molecule has 1 fully saturated rings. The van der Waals surface area contributed by atoms with Crippen molar-refractivity contribution >= 4 is 23.5 Å². The average Bonchev–Trinajstić information content (AvgIpc) is 2.98. The Kier molecular flexibility index (Phi) is 4.73. The highest BCUT2D eigenvalue weighted by molar-refractivity contribution is 6.22. The number of carbonyl (C=O) groups is 3. The topological polar surface area (TPSA) is 69.7 Å². The van der Waals surface area contributed by atoms with Crippen LogP contribution in [-0.2, 0) is 22.6 Å². The zero-order chi connectivity index (χ0) is 20.7. The van der Waals surface area contributed by atoms with E-state index in [9.17, 15) is 27.6 Å². The Morgan fingerprint density at radius 2 is 1.72 bits per heavy atom. The zero-order valence-corrected chi connectivity index (χ0v) is 15.1. The van der Waals surface area contributed by atoms with Gasteiger partial charge in [0, 0.05) is 25.2 Å². The van der Waals surface area contributed by atoms with Crippen LogP contribution in [0.15, 0.2) is 36.4 Å². The average molecular weight is 403 g/mol. The monoisotopic (exact) mass is 403 g/mol. The van der Waals surface area contributed by atoms with Gasteiger partial charge < -0.3 is 10.2 Å². The Bertz CT molecular complexity index is 1000. The van der Waals surface area contributed by atoms with E-state index in [2.05, 4.69) is 5.32 Å². The van der Waals surface area contributed by atoms with Crippen molar-refractivity contribution in [1.29, 1.82) is 0 Å². The van der Waals surface area contributed by atoms with Crippen molar-refractivity contribution in [2.75, 3.05) is 11.4 Å². The number of nitrogens with one attached hydrogen (secondary N) is 1. The van der Waals surface area contributed by atoms with E-state index in [1.807, 2.05) is 24.3 Å². The molecule has 0 saturated carbocycles. The Morgan fingerprint density at radius 1 is 1.07 bits per heavy atom. The van der Waals surface area contributed by atoms with E-state index in [0.29, 0.717) is 36.5 Å². The predicted molar refractivity (Wildman–Crippen MR) is 96.3 cm³/mol. The number of rotatable bonds is 3. The van der Waals surface area contributed by atoms with E-state index in [4.69, 9.17) is 0 Å². The maximum absolute atomic E-state index is 13.5. The molecule has 0 spiro atoms. The third-order valence-corrected chi connectivity index (χ3v) is 5.11. The first kappa shape index (κ1) is 19.0. The van der Waals surface area contributed by atoms with Gasteiger partial charge in [0.1, 0.15) is 6.04 Å². The Morgan fingerprint density at radius 3 is 2.41 bits per heavy atom. The van der Waals surface area contributed by atoms with E-state index < -0.39 is 41.1 Å². The maximum atomic E-state index is 13.5. The number of anilines is 1. The molecule has 0 aliphatic carbocycles. The molecule has 2 aromatic rings. The molecule has 6 nitrogen and oxygen atoms in total. The number of hydrogen-bond acceptors (Lipinski definition) is 3. The summed E-state index contributed by atoms with van der Waals surface area (Å²) in [6, 6.07) is 6.76. The van der Waals surface area contributed by atoms with Crippen LogP contribution in [0.3, 0.4) is 0 Å². The quantitative estimate of drug-likeness (QED) is 0.633. The van der Waals surface area contributed by atoms with Gasteiger partial charge in [-0.3, -0.25) is 9.59 Å². The number of benzene rings is 2. The molecule has 2 aliphatic rings. The highest BCUT2D eigenvalue weighted by Crippen LogP contribution is 2.26. The predicted octanol–water partition coefficient (Wildman–Crippen LogP) is 2.50. The van der Waals surface area contributed by atoms with Gasteiger partial charge in [-0.05, 0) is 17.5 Å². The fourth-order valence-electron chi connectivity index (χ4n) is 3.60. The van der Waals surface area contributed by atoms with Gasteiger partial charge >= 0.3 is 6.03 Å². The summed E-state index contributed by atoms with van der Waals surface area (Å²) in [5.74, 6) is -5.89. The van der Waals surface area contributed by atoms with Crippen molar-refractivity contribution in [3.8, 4) is 0 Å². The summed E-state index contributed by atoms with van der Waals surface area (Å²) in [5, 5.41) is 2.35. The van der Waals surface area contributed by atoms with Gasteiger partial charge in [-0.25, -0.2) is 22.9 Å². The lowest BCUT2D eigenvalue weighted by molar-refractivity contribution is -0.134. The molecule has 4 amide bonds. The van der Waals surface area contributed by atoms with Gasteiger partial charge in [0.25, 0.3) is 5.91 Å². The number of imide groups is 1. The molecule has 4 rings (SSSR count). The van der Waals surface area contributed by atoms with Crippen LogP contribution in [0.4, 0.5) is 23.7 Å². The smallest absolute Gasteiger partial charge is 0.329 e. The Hall–Kier alpha value is -3.36. The van der Waals surface area contributed by atoms with Crippen LogP contribution < -0.4 is 10.2 Å². The second-order valence-electron chi connectivity index (χ2n) is 6.94. The van der Waals surface area contributed by atoms with E-state index in [0.717, 1.165) is 11.1 Å². The van der Waals surface area contributed by atoms with Crippen LogP contribution in [0, 0.1) is 17.5 Å². The molecular formula is C20H16F3N3O3. The summed E-state index contributed by atoms with van der Waals surface area (Å²) in [7, 11) is 0.